The highest BCUT2D eigenvalue weighted by Crippen LogP contribution is 2.40. The summed E-state index contributed by atoms with van der Waals surface area (Å²) in [5, 5.41) is 13.2. The Morgan fingerprint density at radius 3 is 2.56 bits per heavy atom. The average molecular weight is 494 g/mol. The number of alkyl halides is 3. The first kappa shape index (κ1) is 24.2. The monoisotopic (exact) mass is 493 g/mol. The number of halogens is 4. The SMILES string of the molecule is Cc1cc(C(C)Nc2ccc(Cl)nc2C(=O)O)c2cc(C3CCOCC3)c(C(F)(F)F)nc2c1. The molecule has 1 aliphatic rings. The second kappa shape index (κ2) is 9.38. The summed E-state index contributed by atoms with van der Waals surface area (Å²) in [4.78, 5) is 19.6. The number of aromatic carboxylic acids is 1. The van der Waals surface area contributed by atoms with Gasteiger partial charge in [0, 0.05) is 24.6 Å². The van der Waals surface area contributed by atoms with Gasteiger partial charge in [0.1, 0.15) is 10.8 Å². The number of aryl methyl sites for hydroxylation is 1. The number of fused-ring (bicyclic) bond motifs is 1. The molecule has 0 aliphatic carbocycles. The van der Waals surface area contributed by atoms with Crippen molar-refractivity contribution in [1.82, 2.24) is 9.97 Å². The normalized spacial score (nSPS) is 15.9. The van der Waals surface area contributed by atoms with E-state index in [1.165, 1.54) is 12.1 Å². The van der Waals surface area contributed by atoms with Gasteiger partial charge in [-0.1, -0.05) is 17.7 Å². The molecule has 34 heavy (non-hydrogen) atoms. The van der Waals surface area contributed by atoms with Crippen LogP contribution in [0.5, 0.6) is 0 Å². The first-order chi connectivity index (χ1) is 16.0. The van der Waals surface area contributed by atoms with Crippen molar-refractivity contribution in [1.29, 1.82) is 0 Å². The van der Waals surface area contributed by atoms with E-state index in [0.717, 1.165) is 5.56 Å². The van der Waals surface area contributed by atoms with Crippen molar-refractivity contribution in [2.45, 2.75) is 44.8 Å². The molecule has 0 bridgehead atoms. The zero-order valence-electron chi connectivity index (χ0n) is 18.5. The minimum Gasteiger partial charge on any atom is -0.476 e. The Balaban J connectivity index is 1.84. The molecular weight excluding hydrogens is 471 g/mol. The quantitative estimate of drug-likeness (QED) is 0.401. The summed E-state index contributed by atoms with van der Waals surface area (Å²) in [7, 11) is 0. The molecule has 3 heterocycles. The number of aromatic nitrogens is 2. The van der Waals surface area contributed by atoms with Gasteiger partial charge in [0.05, 0.1) is 11.2 Å². The Kier molecular flexibility index (Phi) is 6.69. The molecule has 1 aliphatic heterocycles. The van der Waals surface area contributed by atoms with Crippen LogP contribution in [0.2, 0.25) is 5.15 Å². The number of rotatable bonds is 5. The number of nitrogens with zero attached hydrogens (tertiary/aromatic N) is 2. The van der Waals surface area contributed by atoms with Crippen molar-refractivity contribution in [2.75, 3.05) is 18.5 Å². The second-order valence-electron chi connectivity index (χ2n) is 8.43. The second-order valence-corrected chi connectivity index (χ2v) is 8.82. The van der Waals surface area contributed by atoms with E-state index in [1.807, 2.05) is 6.07 Å². The van der Waals surface area contributed by atoms with Crippen LogP contribution >= 0.6 is 11.6 Å². The smallest absolute Gasteiger partial charge is 0.433 e. The zero-order valence-corrected chi connectivity index (χ0v) is 19.3. The van der Waals surface area contributed by atoms with Crippen molar-refractivity contribution < 1.29 is 27.8 Å². The minimum atomic E-state index is -4.58. The summed E-state index contributed by atoms with van der Waals surface area (Å²) in [6, 6.07) is 7.61. The van der Waals surface area contributed by atoms with E-state index < -0.39 is 23.9 Å². The lowest BCUT2D eigenvalue weighted by molar-refractivity contribution is -0.142. The largest absolute Gasteiger partial charge is 0.476 e. The van der Waals surface area contributed by atoms with Gasteiger partial charge in [0.25, 0.3) is 0 Å². The lowest BCUT2D eigenvalue weighted by Gasteiger charge is -2.26. The number of carboxylic acids is 1. The minimum absolute atomic E-state index is 0.0431. The predicted molar refractivity (Wildman–Crippen MR) is 123 cm³/mol. The van der Waals surface area contributed by atoms with Crippen LogP contribution in [-0.4, -0.2) is 34.3 Å². The van der Waals surface area contributed by atoms with E-state index >= 15 is 0 Å². The fourth-order valence-corrected chi connectivity index (χ4v) is 4.54. The Hall–Kier alpha value is -2.91. The van der Waals surface area contributed by atoms with Gasteiger partial charge in [0.2, 0.25) is 0 Å². The number of ether oxygens (including phenoxy) is 1. The molecular formula is C24H23ClF3N3O3. The number of hydrogen-bond donors (Lipinski definition) is 2. The number of anilines is 1. The number of carbonyl (C=O) groups is 1. The van der Waals surface area contributed by atoms with E-state index in [-0.39, 0.29) is 33.5 Å². The van der Waals surface area contributed by atoms with Gasteiger partial charge in [0.15, 0.2) is 5.69 Å². The van der Waals surface area contributed by atoms with E-state index in [0.29, 0.717) is 37.0 Å². The van der Waals surface area contributed by atoms with Gasteiger partial charge < -0.3 is 15.2 Å². The van der Waals surface area contributed by atoms with Gasteiger partial charge in [-0.25, -0.2) is 14.8 Å². The topological polar surface area (TPSA) is 84.3 Å². The lowest BCUT2D eigenvalue weighted by atomic mass is 9.88. The van der Waals surface area contributed by atoms with Crippen molar-refractivity contribution in [3.05, 3.63) is 63.6 Å². The summed E-state index contributed by atoms with van der Waals surface area (Å²) >= 11 is 5.84. The van der Waals surface area contributed by atoms with E-state index in [1.54, 1.807) is 26.0 Å². The van der Waals surface area contributed by atoms with Gasteiger partial charge in [-0.05, 0) is 73.6 Å². The summed E-state index contributed by atoms with van der Waals surface area (Å²) in [5.41, 5.74) is 0.998. The third-order valence-corrected chi connectivity index (χ3v) is 6.18. The molecule has 1 atom stereocenters. The van der Waals surface area contributed by atoms with Crippen LogP contribution in [0.4, 0.5) is 18.9 Å². The highest BCUT2D eigenvalue weighted by Gasteiger charge is 2.38. The molecule has 1 aromatic carbocycles. The van der Waals surface area contributed by atoms with Crippen molar-refractivity contribution in [3.8, 4) is 0 Å². The highest BCUT2D eigenvalue weighted by atomic mass is 35.5. The highest BCUT2D eigenvalue weighted by molar-refractivity contribution is 6.29. The summed E-state index contributed by atoms with van der Waals surface area (Å²) in [6.45, 7) is 4.39. The van der Waals surface area contributed by atoms with Crippen molar-refractivity contribution in [2.24, 2.45) is 0 Å². The van der Waals surface area contributed by atoms with Gasteiger partial charge in [-0.2, -0.15) is 13.2 Å². The molecule has 180 valence electrons. The summed E-state index contributed by atoms with van der Waals surface area (Å²) in [6.07, 6.45) is -3.60. The Morgan fingerprint density at radius 2 is 1.91 bits per heavy atom. The van der Waals surface area contributed by atoms with Gasteiger partial charge in [-0.15, -0.1) is 0 Å². The fraction of sp³-hybridized carbons (Fsp3) is 0.375. The standard InChI is InChI=1S/C24H23ClF3N3O3/c1-12-9-15(13(2)29-18-3-4-20(25)31-21(18)23(32)33)17-11-16(14-5-7-34-8-6-14)22(24(26,27)28)30-19(17)10-12/h3-4,9-11,13-14,29H,5-8H2,1-2H3,(H,32,33). The number of nitrogens with one attached hydrogen (secondary N) is 1. The van der Waals surface area contributed by atoms with Crippen LogP contribution in [-0.2, 0) is 10.9 Å². The Bertz CT molecular complexity index is 1240. The van der Waals surface area contributed by atoms with Crippen LogP contribution in [0.1, 0.15) is 64.6 Å². The number of pyridine rings is 2. The molecule has 0 radical (unpaired) electrons. The zero-order chi connectivity index (χ0) is 24.6. The molecule has 0 saturated carbocycles. The molecule has 2 N–H and O–H groups in total. The Morgan fingerprint density at radius 1 is 1.21 bits per heavy atom. The number of benzene rings is 1. The molecule has 1 saturated heterocycles. The van der Waals surface area contributed by atoms with Crippen LogP contribution < -0.4 is 5.32 Å². The lowest BCUT2D eigenvalue weighted by Crippen LogP contribution is -2.20. The molecule has 0 amide bonds. The van der Waals surface area contributed by atoms with Crippen molar-refractivity contribution in [3.63, 3.8) is 0 Å². The number of carboxylic acid groups (broad SMARTS) is 1. The maximum atomic E-state index is 14.0. The third kappa shape index (κ3) is 4.95. The molecule has 2 aromatic heterocycles. The summed E-state index contributed by atoms with van der Waals surface area (Å²) < 4.78 is 47.2. The van der Waals surface area contributed by atoms with Gasteiger partial charge >= 0.3 is 12.1 Å². The van der Waals surface area contributed by atoms with Crippen molar-refractivity contribution >= 4 is 34.2 Å². The Labute approximate surface area is 199 Å². The predicted octanol–water partition coefficient (Wildman–Crippen LogP) is 6.38. The van der Waals surface area contributed by atoms with Crippen LogP contribution in [0.15, 0.2) is 30.3 Å². The molecule has 1 fully saturated rings. The molecule has 4 rings (SSSR count). The molecule has 1 unspecified atom stereocenters. The average Bonchev–Trinajstić information content (AvgIpc) is 2.78. The molecule has 10 heteroatoms. The van der Waals surface area contributed by atoms with E-state index in [9.17, 15) is 23.1 Å². The van der Waals surface area contributed by atoms with E-state index in [4.69, 9.17) is 16.3 Å². The first-order valence-corrected chi connectivity index (χ1v) is 11.2. The van der Waals surface area contributed by atoms with Gasteiger partial charge in [-0.3, -0.25) is 0 Å². The van der Waals surface area contributed by atoms with Crippen LogP contribution in [0.25, 0.3) is 10.9 Å². The van der Waals surface area contributed by atoms with Crippen LogP contribution in [0.3, 0.4) is 0 Å². The maximum absolute atomic E-state index is 14.0. The fourth-order valence-electron chi connectivity index (χ4n) is 4.40. The van der Waals surface area contributed by atoms with Crippen LogP contribution in [0, 0.1) is 6.92 Å². The summed E-state index contributed by atoms with van der Waals surface area (Å²) in [5.74, 6) is -1.55. The number of hydrogen-bond acceptors (Lipinski definition) is 5. The first-order valence-electron chi connectivity index (χ1n) is 10.8. The molecule has 0 spiro atoms. The maximum Gasteiger partial charge on any atom is 0.433 e. The molecule has 3 aromatic rings. The third-order valence-electron chi connectivity index (χ3n) is 5.97. The van der Waals surface area contributed by atoms with E-state index in [2.05, 4.69) is 15.3 Å². The molecule has 6 nitrogen and oxygen atoms in total.